The third kappa shape index (κ3) is 2.66. The third-order valence-corrected chi connectivity index (χ3v) is 6.92. The van der Waals surface area contributed by atoms with E-state index in [-0.39, 0.29) is 24.4 Å². The smallest absolute Gasteiger partial charge is 0.399 e. The first-order valence-electron chi connectivity index (χ1n) is 10.4. The van der Waals surface area contributed by atoms with Crippen molar-refractivity contribution >= 4 is 12.8 Å². The van der Waals surface area contributed by atoms with E-state index in [2.05, 4.69) is 93.3 Å². The van der Waals surface area contributed by atoms with Crippen molar-refractivity contribution in [1.82, 2.24) is 0 Å². The molecule has 0 saturated carbocycles. The molecule has 1 saturated heterocycles. The third-order valence-electron chi connectivity index (χ3n) is 6.92. The Balaban J connectivity index is 1.52. The number of nitrogens with zero attached hydrogens (tertiary/aromatic N) is 1. The molecule has 2 aliphatic heterocycles. The summed E-state index contributed by atoms with van der Waals surface area (Å²) >= 11 is 0. The number of para-hydroxylation sites is 1. The van der Waals surface area contributed by atoms with Gasteiger partial charge in [0.05, 0.1) is 23.3 Å². The molecule has 2 heterocycles. The molecule has 28 heavy (non-hydrogen) atoms. The summed E-state index contributed by atoms with van der Waals surface area (Å²) in [5.41, 5.74) is 4.72. The second-order valence-electron chi connectivity index (χ2n) is 9.17. The molecule has 0 aromatic heterocycles. The Morgan fingerprint density at radius 1 is 0.964 bits per heavy atom. The highest BCUT2D eigenvalue weighted by molar-refractivity contribution is 6.55. The molecule has 0 bridgehead atoms. The van der Waals surface area contributed by atoms with Crippen LogP contribution in [0.15, 0.2) is 77.3 Å². The summed E-state index contributed by atoms with van der Waals surface area (Å²) in [6.45, 7) is 8.44. The maximum absolute atomic E-state index is 6.31. The minimum atomic E-state index is -0.317. The van der Waals surface area contributed by atoms with E-state index in [1.54, 1.807) is 0 Å². The maximum Gasteiger partial charge on any atom is 0.494 e. The van der Waals surface area contributed by atoms with Crippen LogP contribution in [-0.2, 0) is 9.31 Å². The predicted octanol–water partition coefficient (Wildman–Crippen LogP) is 5.02. The fourth-order valence-electron chi connectivity index (χ4n) is 4.67. The fourth-order valence-corrected chi connectivity index (χ4v) is 4.67. The molecule has 2 aliphatic carbocycles. The van der Waals surface area contributed by atoms with E-state index >= 15 is 0 Å². The zero-order chi connectivity index (χ0) is 19.5. The summed E-state index contributed by atoms with van der Waals surface area (Å²) in [5, 5.41) is 0. The first-order chi connectivity index (χ1) is 13.4. The largest absolute Gasteiger partial charge is 0.494 e. The lowest BCUT2D eigenvalue weighted by atomic mass is 9.73. The highest BCUT2D eigenvalue weighted by Crippen LogP contribution is 2.45. The number of benzene rings is 1. The van der Waals surface area contributed by atoms with Gasteiger partial charge in [0, 0.05) is 5.69 Å². The minimum Gasteiger partial charge on any atom is -0.399 e. The van der Waals surface area contributed by atoms with Crippen LogP contribution in [0.3, 0.4) is 0 Å². The van der Waals surface area contributed by atoms with E-state index in [0.29, 0.717) is 6.04 Å². The molecule has 144 valence electrons. The number of hydrogen-bond donors (Lipinski definition) is 0. The summed E-state index contributed by atoms with van der Waals surface area (Å²) < 4.78 is 12.6. The van der Waals surface area contributed by atoms with E-state index in [0.717, 1.165) is 18.3 Å². The molecule has 1 fully saturated rings. The second-order valence-corrected chi connectivity index (χ2v) is 9.17. The number of allylic oxidation sites excluding steroid dienone is 3. The van der Waals surface area contributed by atoms with Crippen LogP contribution in [-0.4, -0.2) is 30.4 Å². The molecule has 0 N–H and O–H groups in total. The lowest BCUT2D eigenvalue weighted by Gasteiger charge is -2.33. The van der Waals surface area contributed by atoms with Gasteiger partial charge in [0.15, 0.2) is 0 Å². The second kappa shape index (κ2) is 6.23. The van der Waals surface area contributed by atoms with Gasteiger partial charge in [-0.15, -0.1) is 0 Å². The molecule has 4 heteroatoms. The van der Waals surface area contributed by atoms with Gasteiger partial charge in [0.2, 0.25) is 0 Å². The monoisotopic (exact) mass is 373 g/mol. The van der Waals surface area contributed by atoms with Crippen LogP contribution in [0.1, 0.15) is 40.5 Å². The van der Waals surface area contributed by atoms with Gasteiger partial charge in [-0.2, -0.15) is 0 Å². The summed E-state index contributed by atoms with van der Waals surface area (Å²) in [5.74, 6) is 0. The zero-order valence-electron chi connectivity index (χ0n) is 17.2. The Kier molecular flexibility index (Phi) is 4.01. The molecule has 5 rings (SSSR count). The maximum atomic E-state index is 6.31. The van der Waals surface area contributed by atoms with Gasteiger partial charge in [-0.3, -0.25) is 0 Å². The van der Waals surface area contributed by atoms with Crippen molar-refractivity contribution in [1.29, 1.82) is 0 Å². The van der Waals surface area contributed by atoms with E-state index in [1.807, 2.05) is 0 Å². The van der Waals surface area contributed by atoms with Crippen LogP contribution >= 0.6 is 0 Å². The van der Waals surface area contributed by atoms with Crippen LogP contribution in [0, 0.1) is 0 Å². The van der Waals surface area contributed by atoms with Crippen LogP contribution in [0.25, 0.3) is 0 Å². The predicted molar refractivity (Wildman–Crippen MR) is 115 cm³/mol. The highest BCUT2D eigenvalue weighted by Gasteiger charge is 2.52. The Hall–Kier alpha value is -2.04. The molecular weight excluding hydrogens is 345 g/mol. The quantitative estimate of drug-likeness (QED) is 0.537. The lowest BCUT2D eigenvalue weighted by Crippen LogP contribution is -2.41. The highest BCUT2D eigenvalue weighted by atomic mass is 16.7. The summed E-state index contributed by atoms with van der Waals surface area (Å²) in [6, 6.07) is 11.4. The Morgan fingerprint density at radius 2 is 1.68 bits per heavy atom. The number of anilines is 1. The van der Waals surface area contributed by atoms with Gasteiger partial charge in [-0.1, -0.05) is 48.6 Å². The molecule has 0 radical (unpaired) electrons. The number of hydrogen-bond acceptors (Lipinski definition) is 3. The average Bonchev–Trinajstić information content (AvgIpc) is 3.12. The molecule has 2 unspecified atom stereocenters. The molecule has 2 atom stereocenters. The molecule has 4 aliphatic rings. The van der Waals surface area contributed by atoms with Crippen molar-refractivity contribution < 1.29 is 9.31 Å². The van der Waals surface area contributed by atoms with Crippen LogP contribution in [0.4, 0.5) is 5.69 Å². The first-order valence-corrected chi connectivity index (χ1v) is 10.4. The van der Waals surface area contributed by atoms with Crippen molar-refractivity contribution in [2.75, 3.05) is 4.90 Å². The van der Waals surface area contributed by atoms with E-state index in [9.17, 15) is 0 Å². The van der Waals surface area contributed by atoms with Crippen molar-refractivity contribution in [2.45, 2.75) is 63.8 Å². The van der Waals surface area contributed by atoms with E-state index in [4.69, 9.17) is 9.31 Å². The minimum absolute atomic E-state index is 0.274. The molecule has 1 aromatic carbocycles. The summed E-state index contributed by atoms with van der Waals surface area (Å²) in [6.07, 6.45) is 13.8. The normalized spacial score (nSPS) is 29.8. The van der Waals surface area contributed by atoms with Gasteiger partial charge >= 0.3 is 7.12 Å². The Labute approximate surface area is 168 Å². The van der Waals surface area contributed by atoms with Crippen LogP contribution < -0.4 is 4.90 Å². The van der Waals surface area contributed by atoms with Gasteiger partial charge in [0.25, 0.3) is 0 Å². The summed E-state index contributed by atoms with van der Waals surface area (Å²) in [7, 11) is -0.307. The topological polar surface area (TPSA) is 21.7 Å². The van der Waals surface area contributed by atoms with Crippen molar-refractivity contribution in [3.63, 3.8) is 0 Å². The van der Waals surface area contributed by atoms with Gasteiger partial charge in [0.1, 0.15) is 0 Å². The summed E-state index contributed by atoms with van der Waals surface area (Å²) in [4.78, 5) is 2.54. The van der Waals surface area contributed by atoms with Crippen molar-refractivity contribution in [2.24, 2.45) is 0 Å². The van der Waals surface area contributed by atoms with Crippen LogP contribution in [0.5, 0.6) is 0 Å². The van der Waals surface area contributed by atoms with Crippen molar-refractivity contribution in [3.05, 3.63) is 77.3 Å². The lowest BCUT2D eigenvalue weighted by molar-refractivity contribution is 0.00578. The number of fused-ring (bicyclic) bond motifs is 2. The van der Waals surface area contributed by atoms with E-state index in [1.165, 1.54) is 16.8 Å². The molecule has 0 spiro atoms. The Morgan fingerprint density at radius 3 is 2.39 bits per heavy atom. The van der Waals surface area contributed by atoms with Crippen molar-refractivity contribution in [3.8, 4) is 0 Å². The molecule has 1 aromatic rings. The van der Waals surface area contributed by atoms with Gasteiger partial charge in [-0.25, -0.2) is 0 Å². The van der Waals surface area contributed by atoms with Gasteiger partial charge in [-0.05, 0) is 69.3 Å². The number of rotatable bonds is 2. The van der Waals surface area contributed by atoms with Gasteiger partial charge < -0.3 is 14.2 Å². The molecule has 3 nitrogen and oxygen atoms in total. The molecular formula is C24H28BNO2. The zero-order valence-corrected chi connectivity index (χ0v) is 17.2. The average molecular weight is 373 g/mol. The molecule has 0 amide bonds. The van der Waals surface area contributed by atoms with Crippen LogP contribution in [0.2, 0.25) is 0 Å². The first kappa shape index (κ1) is 18.0. The fraction of sp³-hybridized carbons (Fsp3) is 0.417. The standard InChI is InChI=1S/C24H28BNO2/c1-23(2)24(3,4)28-25(27-23)17-14-15-22-20(16-17)19-12-8-9-13-21(19)26(22)18-10-6-5-7-11-18/h5-7,9-11,13-16,21-22H,8,12H2,1-4H3. The SMILES string of the molecule is CC1(C)OB(C2=CC3=C4CCC=CC4N(c4ccccc4)C3C=C2)OC1(C)C. The Bertz CT molecular complexity index is 894. The van der Waals surface area contributed by atoms with E-state index < -0.39 is 0 Å².